The van der Waals surface area contributed by atoms with Crippen molar-refractivity contribution in [1.82, 2.24) is 19.9 Å². The molecule has 36 heavy (non-hydrogen) atoms. The normalized spacial score (nSPS) is 14.2. The first-order valence-corrected chi connectivity index (χ1v) is 14.1. The van der Waals surface area contributed by atoms with Gasteiger partial charge in [0.05, 0.1) is 34.6 Å². The predicted molar refractivity (Wildman–Crippen MR) is 144 cm³/mol. The van der Waals surface area contributed by atoms with Crippen LogP contribution in [0.4, 0.5) is 11.6 Å². The van der Waals surface area contributed by atoms with E-state index < -0.39 is 10.0 Å². The molecular weight excluding hydrogens is 472 g/mol. The van der Waals surface area contributed by atoms with Gasteiger partial charge in [-0.15, -0.1) is 0 Å². The molecule has 0 radical (unpaired) electrons. The predicted octanol–water partition coefficient (Wildman–Crippen LogP) is 3.75. The second-order valence-corrected chi connectivity index (χ2v) is 10.9. The largest absolute Gasteiger partial charge is 0.368 e. The van der Waals surface area contributed by atoms with Crippen molar-refractivity contribution in [3.63, 3.8) is 0 Å². The summed E-state index contributed by atoms with van der Waals surface area (Å²) in [5, 5.41) is 0. The Labute approximate surface area is 213 Å². The maximum atomic E-state index is 11.7. The first-order chi connectivity index (χ1) is 17.2. The van der Waals surface area contributed by atoms with Crippen molar-refractivity contribution in [2.75, 3.05) is 29.8 Å². The summed E-state index contributed by atoms with van der Waals surface area (Å²) in [6.45, 7) is 6.99. The number of nitrogens with two attached hydrogens (primary N) is 1. The van der Waals surface area contributed by atoms with Gasteiger partial charge in [-0.05, 0) is 50.9 Å². The van der Waals surface area contributed by atoms with Crippen LogP contribution in [0.25, 0.3) is 11.3 Å². The Morgan fingerprint density at radius 3 is 2.47 bits per heavy atom. The zero-order chi connectivity index (χ0) is 25.7. The van der Waals surface area contributed by atoms with Crippen LogP contribution in [0.5, 0.6) is 0 Å². The lowest BCUT2D eigenvalue weighted by molar-refractivity contribution is 0.221. The third kappa shape index (κ3) is 6.59. The fraction of sp³-hybridized carbons (Fsp3) is 0.370. The van der Waals surface area contributed by atoms with Gasteiger partial charge >= 0.3 is 0 Å². The summed E-state index contributed by atoms with van der Waals surface area (Å²) in [5.74, 6) is 6.53. The van der Waals surface area contributed by atoms with E-state index in [0.717, 1.165) is 37.1 Å². The highest BCUT2D eigenvalue weighted by Crippen LogP contribution is 2.26. The van der Waals surface area contributed by atoms with Gasteiger partial charge in [0.2, 0.25) is 16.0 Å². The highest BCUT2D eigenvalue weighted by molar-refractivity contribution is 7.92. The number of hydrogen-bond donors (Lipinski definition) is 2. The third-order valence-electron chi connectivity index (χ3n) is 6.13. The number of nitrogens with one attached hydrogen (secondary N) is 1. The molecule has 1 saturated heterocycles. The van der Waals surface area contributed by atoms with Crippen molar-refractivity contribution in [1.29, 1.82) is 0 Å². The lowest BCUT2D eigenvalue weighted by Gasteiger charge is -2.26. The van der Waals surface area contributed by atoms with Gasteiger partial charge in [0.15, 0.2) is 0 Å². The Morgan fingerprint density at radius 2 is 1.81 bits per heavy atom. The Bertz CT molecular complexity index is 1400. The number of piperidine rings is 1. The first-order valence-electron chi connectivity index (χ1n) is 12.2. The van der Waals surface area contributed by atoms with Gasteiger partial charge in [-0.25, -0.2) is 18.4 Å². The number of hydrogen-bond acceptors (Lipinski definition) is 7. The Hall–Kier alpha value is -3.48. The van der Waals surface area contributed by atoms with Crippen LogP contribution in [0.2, 0.25) is 0 Å². The number of sulfonamides is 1. The topological polar surface area (TPSA) is 114 Å². The van der Waals surface area contributed by atoms with Crippen LogP contribution in [0.1, 0.15) is 54.3 Å². The molecule has 1 fully saturated rings. The smallest absolute Gasteiger partial charge is 0.229 e. The molecule has 4 rings (SSSR count). The Kier molecular flexibility index (Phi) is 7.87. The van der Waals surface area contributed by atoms with E-state index in [0.29, 0.717) is 34.6 Å². The van der Waals surface area contributed by atoms with Crippen molar-refractivity contribution in [3.05, 3.63) is 64.6 Å². The van der Waals surface area contributed by atoms with Crippen LogP contribution in [0.15, 0.2) is 36.5 Å². The quantitative estimate of drug-likeness (QED) is 0.492. The van der Waals surface area contributed by atoms with Gasteiger partial charge in [-0.3, -0.25) is 14.6 Å². The molecule has 1 aromatic carbocycles. The van der Waals surface area contributed by atoms with E-state index in [9.17, 15) is 8.42 Å². The number of pyridine rings is 1. The van der Waals surface area contributed by atoms with E-state index in [-0.39, 0.29) is 5.95 Å². The molecule has 0 spiro atoms. The Balaban J connectivity index is 1.67. The molecular formula is C27H32N6O2S. The van der Waals surface area contributed by atoms with Crippen molar-refractivity contribution in [3.8, 4) is 23.1 Å². The number of nitrogen functional groups attached to an aromatic ring is 1. The molecule has 0 unspecified atom stereocenters. The maximum Gasteiger partial charge on any atom is 0.229 e. The standard InChI is InChI=1S/C27H32N6O2S/c1-4-24-23(13-10-21-16-25(19(2)29-17-21)32-36(3,34)35)26(31-27(28)30-24)22-11-8-20(9-12-22)18-33-14-6-5-7-15-33/h8-9,11-12,16-17,32H,4-7,14-15,18H2,1-3H3,(H2,28,30,31). The van der Waals surface area contributed by atoms with Gasteiger partial charge in [0, 0.05) is 23.9 Å². The summed E-state index contributed by atoms with van der Waals surface area (Å²) in [6.07, 6.45) is 7.22. The van der Waals surface area contributed by atoms with E-state index >= 15 is 0 Å². The molecule has 3 heterocycles. The summed E-state index contributed by atoms with van der Waals surface area (Å²) in [6, 6.07) is 10.1. The summed E-state index contributed by atoms with van der Waals surface area (Å²) < 4.78 is 25.9. The van der Waals surface area contributed by atoms with E-state index in [2.05, 4.69) is 60.7 Å². The zero-order valence-corrected chi connectivity index (χ0v) is 21.8. The van der Waals surface area contributed by atoms with Crippen LogP contribution < -0.4 is 10.5 Å². The van der Waals surface area contributed by atoms with E-state index in [1.54, 1.807) is 19.2 Å². The maximum absolute atomic E-state index is 11.7. The third-order valence-corrected chi connectivity index (χ3v) is 6.72. The number of anilines is 2. The molecule has 2 aromatic heterocycles. The van der Waals surface area contributed by atoms with E-state index in [4.69, 9.17) is 5.73 Å². The molecule has 3 N–H and O–H groups in total. The van der Waals surface area contributed by atoms with Crippen LogP contribution in [-0.4, -0.2) is 47.6 Å². The van der Waals surface area contributed by atoms with Gasteiger partial charge in [-0.2, -0.15) is 0 Å². The molecule has 1 aliphatic rings. The van der Waals surface area contributed by atoms with Crippen LogP contribution >= 0.6 is 0 Å². The number of rotatable bonds is 6. The second kappa shape index (κ2) is 11.1. The Morgan fingerprint density at radius 1 is 1.08 bits per heavy atom. The van der Waals surface area contributed by atoms with Crippen LogP contribution in [0, 0.1) is 18.8 Å². The molecule has 3 aromatic rings. The molecule has 0 aliphatic carbocycles. The fourth-order valence-electron chi connectivity index (χ4n) is 4.31. The molecule has 0 atom stereocenters. The van der Waals surface area contributed by atoms with Gasteiger partial charge in [-0.1, -0.05) is 49.5 Å². The minimum Gasteiger partial charge on any atom is -0.368 e. The van der Waals surface area contributed by atoms with Crippen molar-refractivity contribution in [2.45, 2.75) is 46.1 Å². The second-order valence-electron chi connectivity index (χ2n) is 9.12. The molecule has 1 aliphatic heterocycles. The van der Waals surface area contributed by atoms with Crippen molar-refractivity contribution in [2.24, 2.45) is 0 Å². The van der Waals surface area contributed by atoms with Crippen LogP contribution in [0.3, 0.4) is 0 Å². The minimum atomic E-state index is -3.43. The molecule has 0 amide bonds. The first kappa shape index (κ1) is 25.6. The molecule has 0 saturated carbocycles. The average molecular weight is 505 g/mol. The number of nitrogens with zero attached hydrogens (tertiary/aromatic N) is 4. The van der Waals surface area contributed by atoms with E-state index in [1.807, 2.05) is 6.92 Å². The number of aryl methyl sites for hydroxylation is 2. The average Bonchev–Trinajstić information content (AvgIpc) is 2.85. The number of likely N-dealkylation sites (tertiary alicyclic amines) is 1. The summed E-state index contributed by atoms with van der Waals surface area (Å²) in [4.78, 5) is 15.7. The van der Waals surface area contributed by atoms with Gasteiger partial charge in [0.25, 0.3) is 0 Å². The molecule has 8 nitrogen and oxygen atoms in total. The monoisotopic (exact) mass is 504 g/mol. The lowest BCUT2D eigenvalue weighted by atomic mass is 10.0. The molecule has 188 valence electrons. The molecule has 0 bridgehead atoms. The number of aromatic nitrogens is 3. The summed E-state index contributed by atoms with van der Waals surface area (Å²) in [7, 11) is -3.43. The highest BCUT2D eigenvalue weighted by atomic mass is 32.2. The van der Waals surface area contributed by atoms with Crippen molar-refractivity contribution < 1.29 is 8.42 Å². The number of benzene rings is 1. The van der Waals surface area contributed by atoms with Gasteiger partial charge < -0.3 is 5.73 Å². The van der Waals surface area contributed by atoms with Gasteiger partial charge in [0.1, 0.15) is 0 Å². The van der Waals surface area contributed by atoms with E-state index in [1.165, 1.54) is 24.8 Å². The summed E-state index contributed by atoms with van der Waals surface area (Å²) >= 11 is 0. The highest BCUT2D eigenvalue weighted by Gasteiger charge is 2.15. The zero-order valence-electron chi connectivity index (χ0n) is 21.0. The fourth-order valence-corrected chi connectivity index (χ4v) is 4.91. The summed E-state index contributed by atoms with van der Waals surface area (Å²) in [5.41, 5.74) is 11.9. The SMILES string of the molecule is CCc1nc(N)nc(-c2ccc(CN3CCCCC3)cc2)c1C#Cc1cnc(C)c(NS(C)(=O)=O)c1. The lowest BCUT2D eigenvalue weighted by Crippen LogP contribution is -2.29. The minimum absolute atomic E-state index is 0.210. The van der Waals surface area contributed by atoms with Crippen molar-refractivity contribution >= 4 is 21.7 Å². The molecule has 9 heteroatoms. The van der Waals surface area contributed by atoms with Crippen LogP contribution in [-0.2, 0) is 23.0 Å².